The van der Waals surface area contributed by atoms with Gasteiger partial charge < -0.3 is 9.64 Å². The van der Waals surface area contributed by atoms with Crippen molar-refractivity contribution in [1.29, 1.82) is 0 Å². The van der Waals surface area contributed by atoms with E-state index in [1.807, 2.05) is 46.1 Å². The van der Waals surface area contributed by atoms with Crippen molar-refractivity contribution in [3.63, 3.8) is 0 Å². The first-order valence-corrected chi connectivity index (χ1v) is 7.94. The van der Waals surface area contributed by atoms with Crippen LogP contribution in [0.25, 0.3) is 0 Å². The SMILES string of the molecule is COCCN(CC(C)C)C(=O)c1ccc(Cn2cccn2)cc1. The van der Waals surface area contributed by atoms with Crippen molar-refractivity contribution in [3.8, 4) is 0 Å². The number of hydrogen-bond acceptors (Lipinski definition) is 3. The summed E-state index contributed by atoms with van der Waals surface area (Å²) in [5.74, 6) is 0.483. The fraction of sp³-hybridized carbons (Fsp3) is 0.444. The number of rotatable bonds is 8. The quantitative estimate of drug-likeness (QED) is 0.752. The molecule has 0 saturated carbocycles. The van der Waals surface area contributed by atoms with Gasteiger partial charge in [0.25, 0.3) is 5.91 Å². The van der Waals surface area contributed by atoms with E-state index >= 15 is 0 Å². The van der Waals surface area contributed by atoms with E-state index in [0.717, 1.165) is 12.1 Å². The normalized spacial score (nSPS) is 11.0. The molecule has 1 heterocycles. The van der Waals surface area contributed by atoms with Crippen molar-refractivity contribution in [1.82, 2.24) is 14.7 Å². The van der Waals surface area contributed by atoms with Crippen LogP contribution in [0.2, 0.25) is 0 Å². The second kappa shape index (κ2) is 8.48. The predicted molar refractivity (Wildman–Crippen MR) is 90.4 cm³/mol. The minimum atomic E-state index is 0.0568. The van der Waals surface area contributed by atoms with Gasteiger partial charge in [0.15, 0.2) is 0 Å². The topological polar surface area (TPSA) is 47.4 Å². The molecule has 0 saturated heterocycles. The molecule has 124 valence electrons. The summed E-state index contributed by atoms with van der Waals surface area (Å²) in [6, 6.07) is 9.65. The van der Waals surface area contributed by atoms with Crippen LogP contribution in [0.3, 0.4) is 0 Å². The van der Waals surface area contributed by atoms with Gasteiger partial charge in [0.05, 0.1) is 13.2 Å². The highest BCUT2D eigenvalue weighted by Gasteiger charge is 2.16. The third kappa shape index (κ3) is 5.21. The fourth-order valence-electron chi connectivity index (χ4n) is 2.43. The minimum absolute atomic E-state index is 0.0568. The average molecular weight is 315 g/mol. The zero-order valence-electron chi connectivity index (χ0n) is 14.1. The maximum Gasteiger partial charge on any atom is 0.253 e. The van der Waals surface area contributed by atoms with Crippen molar-refractivity contribution in [2.24, 2.45) is 5.92 Å². The van der Waals surface area contributed by atoms with Gasteiger partial charge in [0.2, 0.25) is 0 Å². The largest absolute Gasteiger partial charge is 0.383 e. The molecule has 1 amide bonds. The van der Waals surface area contributed by atoms with E-state index in [0.29, 0.717) is 31.2 Å². The zero-order valence-corrected chi connectivity index (χ0v) is 14.1. The lowest BCUT2D eigenvalue weighted by molar-refractivity contribution is 0.0672. The Morgan fingerprint density at radius 1 is 1.30 bits per heavy atom. The number of nitrogens with zero attached hydrogens (tertiary/aromatic N) is 3. The van der Waals surface area contributed by atoms with Gasteiger partial charge in [0.1, 0.15) is 0 Å². The summed E-state index contributed by atoms with van der Waals surface area (Å²) in [4.78, 5) is 14.5. The molecular formula is C18H25N3O2. The highest BCUT2D eigenvalue weighted by Crippen LogP contribution is 2.11. The first kappa shape index (κ1) is 17.2. The van der Waals surface area contributed by atoms with Crippen LogP contribution in [-0.4, -0.2) is 47.4 Å². The molecule has 0 aliphatic carbocycles. The first-order valence-electron chi connectivity index (χ1n) is 7.94. The number of benzene rings is 1. The van der Waals surface area contributed by atoms with Gasteiger partial charge in [-0.1, -0.05) is 26.0 Å². The van der Waals surface area contributed by atoms with Gasteiger partial charge in [0, 0.05) is 38.2 Å². The Kier molecular flexibility index (Phi) is 6.35. The van der Waals surface area contributed by atoms with Gasteiger partial charge in [-0.25, -0.2) is 0 Å². The molecule has 2 aromatic rings. The maximum absolute atomic E-state index is 12.7. The van der Waals surface area contributed by atoms with E-state index in [9.17, 15) is 4.79 Å². The van der Waals surface area contributed by atoms with E-state index in [4.69, 9.17) is 4.74 Å². The summed E-state index contributed by atoms with van der Waals surface area (Å²) in [5.41, 5.74) is 1.84. The number of methoxy groups -OCH3 is 1. The van der Waals surface area contributed by atoms with Crippen LogP contribution >= 0.6 is 0 Å². The van der Waals surface area contributed by atoms with E-state index in [-0.39, 0.29) is 5.91 Å². The van der Waals surface area contributed by atoms with Crippen LogP contribution in [0, 0.1) is 5.92 Å². The molecule has 1 aromatic carbocycles. The second-order valence-electron chi connectivity index (χ2n) is 6.04. The molecule has 0 aliphatic heterocycles. The number of carbonyl (C=O) groups is 1. The van der Waals surface area contributed by atoms with Gasteiger partial charge in [-0.3, -0.25) is 9.48 Å². The molecule has 0 radical (unpaired) electrons. The van der Waals surface area contributed by atoms with Crippen molar-refractivity contribution in [2.75, 3.05) is 26.8 Å². The molecule has 0 N–H and O–H groups in total. The van der Waals surface area contributed by atoms with Crippen LogP contribution in [0.4, 0.5) is 0 Å². The lowest BCUT2D eigenvalue weighted by Crippen LogP contribution is -2.36. The maximum atomic E-state index is 12.7. The fourth-order valence-corrected chi connectivity index (χ4v) is 2.43. The molecule has 0 fully saturated rings. The summed E-state index contributed by atoms with van der Waals surface area (Å²) in [6.07, 6.45) is 3.69. The standard InChI is InChI=1S/C18H25N3O2/c1-15(2)13-20(11-12-23-3)18(22)17-7-5-16(6-8-17)14-21-10-4-9-19-21/h4-10,15H,11-14H2,1-3H3. The molecule has 1 aromatic heterocycles. The molecular weight excluding hydrogens is 290 g/mol. The third-order valence-corrected chi connectivity index (χ3v) is 3.54. The monoisotopic (exact) mass is 315 g/mol. The van der Waals surface area contributed by atoms with E-state index in [1.54, 1.807) is 13.3 Å². The van der Waals surface area contributed by atoms with E-state index in [2.05, 4.69) is 18.9 Å². The molecule has 0 spiro atoms. The Morgan fingerprint density at radius 2 is 2.04 bits per heavy atom. The van der Waals surface area contributed by atoms with E-state index < -0.39 is 0 Å². The summed E-state index contributed by atoms with van der Waals surface area (Å²) >= 11 is 0. The van der Waals surface area contributed by atoms with Gasteiger partial charge in [-0.2, -0.15) is 5.10 Å². The predicted octanol–water partition coefficient (Wildman–Crippen LogP) is 2.68. The average Bonchev–Trinajstić information content (AvgIpc) is 3.04. The number of carbonyl (C=O) groups excluding carboxylic acids is 1. The molecule has 5 nitrogen and oxygen atoms in total. The van der Waals surface area contributed by atoms with Crippen LogP contribution in [0.1, 0.15) is 29.8 Å². The first-order chi connectivity index (χ1) is 11.1. The summed E-state index contributed by atoms with van der Waals surface area (Å²) < 4.78 is 6.98. The summed E-state index contributed by atoms with van der Waals surface area (Å²) in [7, 11) is 1.65. The zero-order chi connectivity index (χ0) is 16.7. The van der Waals surface area contributed by atoms with Crippen LogP contribution < -0.4 is 0 Å². The Hall–Kier alpha value is -2.14. The highest BCUT2D eigenvalue weighted by molar-refractivity contribution is 5.94. The molecule has 0 bridgehead atoms. The lowest BCUT2D eigenvalue weighted by Gasteiger charge is -2.24. The van der Waals surface area contributed by atoms with E-state index in [1.165, 1.54) is 0 Å². The third-order valence-electron chi connectivity index (χ3n) is 3.54. The van der Waals surface area contributed by atoms with Crippen LogP contribution in [-0.2, 0) is 11.3 Å². The van der Waals surface area contributed by atoms with Crippen molar-refractivity contribution >= 4 is 5.91 Å². The van der Waals surface area contributed by atoms with Gasteiger partial charge in [-0.05, 0) is 29.7 Å². The Bertz CT molecular complexity index is 591. The molecule has 0 aliphatic rings. The summed E-state index contributed by atoms with van der Waals surface area (Å²) in [6.45, 7) is 6.83. The summed E-state index contributed by atoms with van der Waals surface area (Å²) in [5, 5.41) is 4.19. The number of ether oxygens (including phenoxy) is 1. The van der Waals surface area contributed by atoms with Gasteiger partial charge in [-0.15, -0.1) is 0 Å². The van der Waals surface area contributed by atoms with Crippen LogP contribution in [0.5, 0.6) is 0 Å². The molecule has 2 rings (SSSR count). The Balaban J connectivity index is 2.04. The molecule has 0 atom stereocenters. The minimum Gasteiger partial charge on any atom is -0.383 e. The number of aromatic nitrogens is 2. The molecule has 0 unspecified atom stereocenters. The number of hydrogen-bond donors (Lipinski definition) is 0. The van der Waals surface area contributed by atoms with Gasteiger partial charge >= 0.3 is 0 Å². The molecule has 23 heavy (non-hydrogen) atoms. The highest BCUT2D eigenvalue weighted by atomic mass is 16.5. The van der Waals surface area contributed by atoms with Crippen LogP contribution in [0.15, 0.2) is 42.7 Å². The Labute approximate surface area is 137 Å². The van der Waals surface area contributed by atoms with Crippen molar-refractivity contribution in [2.45, 2.75) is 20.4 Å². The number of amides is 1. The molecule has 5 heteroatoms. The smallest absolute Gasteiger partial charge is 0.253 e. The van der Waals surface area contributed by atoms with Crippen molar-refractivity contribution < 1.29 is 9.53 Å². The van der Waals surface area contributed by atoms with Crippen molar-refractivity contribution in [3.05, 3.63) is 53.9 Å². The second-order valence-corrected chi connectivity index (χ2v) is 6.04. The lowest BCUT2D eigenvalue weighted by atomic mass is 10.1. The Morgan fingerprint density at radius 3 is 2.61 bits per heavy atom.